The molecule has 0 atom stereocenters. The van der Waals surface area contributed by atoms with Crippen LogP contribution in [0.15, 0.2) is 41.8 Å². The Morgan fingerprint density at radius 2 is 2.21 bits per heavy atom. The molecule has 0 unspecified atom stereocenters. The molecule has 0 fully saturated rings. The van der Waals surface area contributed by atoms with Gasteiger partial charge in [-0.2, -0.15) is 0 Å². The van der Waals surface area contributed by atoms with Gasteiger partial charge in [0.05, 0.1) is 21.9 Å². The van der Waals surface area contributed by atoms with Crippen molar-refractivity contribution in [2.45, 2.75) is 11.4 Å². The molecule has 102 valence electrons. The summed E-state index contributed by atoms with van der Waals surface area (Å²) in [6.07, 6.45) is 5.01. The normalized spacial score (nSPS) is 11.6. The van der Waals surface area contributed by atoms with E-state index in [0.29, 0.717) is 12.2 Å². The SMILES string of the molecule is Nc1ccc(S(=O)(=O)NCCn2ccnc2)cc1Cl. The largest absolute Gasteiger partial charge is 0.398 e. The molecular formula is C11H13ClN4O2S. The highest BCUT2D eigenvalue weighted by atomic mass is 35.5. The molecule has 1 aromatic carbocycles. The summed E-state index contributed by atoms with van der Waals surface area (Å²) in [5, 5.41) is 0.220. The quantitative estimate of drug-likeness (QED) is 0.809. The fourth-order valence-corrected chi connectivity index (χ4v) is 2.78. The fourth-order valence-electron chi connectivity index (χ4n) is 1.49. The lowest BCUT2D eigenvalue weighted by atomic mass is 10.3. The Balaban J connectivity index is 2.03. The number of imidazole rings is 1. The van der Waals surface area contributed by atoms with E-state index in [1.165, 1.54) is 18.2 Å². The highest BCUT2D eigenvalue weighted by molar-refractivity contribution is 7.89. The lowest BCUT2D eigenvalue weighted by molar-refractivity contribution is 0.573. The number of aromatic nitrogens is 2. The van der Waals surface area contributed by atoms with Gasteiger partial charge in [-0.15, -0.1) is 0 Å². The van der Waals surface area contributed by atoms with Crippen LogP contribution in [0.2, 0.25) is 5.02 Å². The maximum atomic E-state index is 12.0. The van der Waals surface area contributed by atoms with Crippen LogP contribution in [0.4, 0.5) is 5.69 Å². The highest BCUT2D eigenvalue weighted by Gasteiger charge is 2.14. The lowest BCUT2D eigenvalue weighted by Gasteiger charge is -2.08. The maximum absolute atomic E-state index is 12.0. The molecule has 0 radical (unpaired) electrons. The van der Waals surface area contributed by atoms with Gasteiger partial charge in [0.2, 0.25) is 10.0 Å². The van der Waals surface area contributed by atoms with Crippen LogP contribution in [0.1, 0.15) is 0 Å². The van der Waals surface area contributed by atoms with Crippen LogP contribution in [-0.2, 0) is 16.6 Å². The molecular weight excluding hydrogens is 288 g/mol. The topological polar surface area (TPSA) is 90.0 Å². The molecule has 0 bridgehead atoms. The predicted molar refractivity (Wildman–Crippen MR) is 73.3 cm³/mol. The summed E-state index contributed by atoms with van der Waals surface area (Å²) in [7, 11) is -3.58. The van der Waals surface area contributed by atoms with Crippen LogP contribution in [0.3, 0.4) is 0 Å². The zero-order chi connectivity index (χ0) is 13.9. The average molecular weight is 301 g/mol. The van der Waals surface area contributed by atoms with Crippen molar-refractivity contribution >= 4 is 27.3 Å². The standard InChI is InChI=1S/C11H13ClN4O2S/c12-10-7-9(1-2-11(10)13)19(17,18)15-4-6-16-5-3-14-8-16/h1-3,5,7-8,15H,4,6,13H2. The summed E-state index contributed by atoms with van der Waals surface area (Å²) in [6, 6.07) is 4.21. The van der Waals surface area contributed by atoms with Crippen molar-refractivity contribution in [1.29, 1.82) is 0 Å². The van der Waals surface area contributed by atoms with Crippen LogP contribution >= 0.6 is 11.6 Å². The van der Waals surface area contributed by atoms with Crippen molar-refractivity contribution in [2.24, 2.45) is 0 Å². The first kappa shape index (κ1) is 13.9. The first-order valence-electron chi connectivity index (χ1n) is 5.49. The molecule has 0 aliphatic carbocycles. The van der Waals surface area contributed by atoms with Gasteiger partial charge in [-0.1, -0.05) is 11.6 Å². The molecule has 0 spiro atoms. The van der Waals surface area contributed by atoms with Gasteiger partial charge in [-0.25, -0.2) is 18.1 Å². The van der Waals surface area contributed by atoms with Gasteiger partial charge >= 0.3 is 0 Å². The Bertz CT molecular complexity index is 655. The van der Waals surface area contributed by atoms with Crippen molar-refractivity contribution in [3.63, 3.8) is 0 Å². The summed E-state index contributed by atoms with van der Waals surface area (Å²) in [5.41, 5.74) is 5.89. The number of benzene rings is 1. The van der Waals surface area contributed by atoms with Crippen molar-refractivity contribution in [3.05, 3.63) is 41.9 Å². The van der Waals surface area contributed by atoms with Gasteiger partial charge in [0.25, 0.3) is 0 Å². The number of halogens is 1. The fraction of sp³-hybridized carbons (Fsp3) is 0.182. The van der Waals surface area contributed by atoms with E-state index in [2.05, 4.69) is 9.71 Å². The second-order valence-electron chi connectivity index (χ2n) is 3.88. The van der Waals surface area contributed by atoms with Crippen LogP contribution in [0.25, 0.3) is 0 Å². The number of hydrogen-bond donors (Lipinski definition) is 2. The molecule has 0 saturated carbocycles. The van der Waals surface area contributed by atoms with Gasteiger partial charge < -0.3 is 10.3 Å². The van der Waals surface area contributed by atoms with Crippen LogP contribution in [-0.4, -0.2) is 24.5 Å². The second kappa shape index (κ2) is 5.60. The minimum atomic E-state index is -3.58. The lowest BCUT2D eigenvalue weighted by Crippen LogP contribution is -2.27. The van der Waals surface area contributed by atoms with E-state index in [1.807, 2.05) is 0 Å². The highest BCUT2D eigenvalue weighted by Crippen LogP contribution is 2.22. The minimum Gasteiger partial charge on any atom is -0.398 e. The number of sulfonamides is 1. The van der Waals surface area contributed by atoms with E-state index in [-0.39, 0.29) is 16.5 Å². The first-order chi connectivity index (χ1) is 8.99. The Morgan fingerprint density at radius 1 is 1.42 bits per heavy atom. The van der Waals surface area contributed by atoms with Crippen molar-refractivity contribution in [3.8, 4) is 0 Å². The third-order valence-electron chi connectivity index (χ3n) is 2.50. The third-order valence-corrected chi connectivity index (χ3v) is 4.29. The molecule has 0 aliphatic heterocycles. The molecule has 0 saturated heterocycles. The smallest absolute Gasteiger partial charge is 0.240 e. The first-order valence-corrected chi connectivity index (χ1v) is 7.35. The summed E-state index contributed by atoms with van der Waals surface area (Å²) >= 11 is 5.81. The van der Waals surface area contributed by atoms with Gasteiger partial charge in [0.15, 0.2) is 0 Å². The van der Waals surface area contributed by atoms with Crippen molar-refractivity contribution in [1.82, 2.24) is 14.3 Å². The number of nitrogen functional groups attached to an aromatic ring is 1. The van der Waals surface area contributed by atoms with E-state index >= 15 is 0 Å². The Labute approximate surface area is 116 Å². The number of nitrogens with zero attached hydrogens (tertiary/aromatic N) is 2. The van der Waals surface area contributed by atoms with E-state index < -0.39 is 10.0 Å². The van der Waals surface area contributed by atoms with E-state index in [0.717, 1.165) is 0 Å². The molecule has 19 heavy (non-hydrogen) atoms. The van der Waals surface area contributed by atoms with Gasteiger partial charge in [0, 0.05) is 25.5 Å². The monoisotopic (exact) mass is 300 g/mol. The minimum absolute atomic E-state index is 0.0948. The zero-order valence-electron chi connectivity index (χ0n) is 9.95. The van der Waals surface area contributed by atoms with Gasteiger partial charge in [0.1, 0.15) is 0 Å². The number of rotatable bonds is 5. The van der Waals surface area contributed by atoms with E-state index in [4.69, 9.17) is 17.3 Å². The van der Waals surface area contributed by atoms with Gasteiger partial charge in [-0.3, -0.25) is 0 Å². The second-order valence-corrected chi connectivity index (χ2v) is 6.06. The number of hydrogen-bond acceptors (Lipinski definition) is 4. The van der Waals surface area contributed by atoms with Crippen molar-refractivity contribution < 1.29 is 8.42 Å². The van der Waals surface area contributed by atoms with Crippen LogP contribution < -0.4 is 10.5 Å². The van der Waals surface area contributed by atoms with E-state index in [1.54, 1.807) is 23.3 Å². The molecule has 1 heterocycles. The van der Waals surface area contributed by atoms with Gasteiger partial charge in [-0.05, 0) is 18.2 Å². The molecule has 0 amide bonds. The Morgan fingerprint density at radius 3 is 2.84 bits per heavy atom. The molecule has 1 aromatic heterocycles. The number of nitrogens with one attached hydrogen (secondary N) is 1. The third kappa shape index (κ3) is 3.46. The molecule has 8 heteroatoms. The predicted octanol–water partition coefficient (Wildman–Crippen LogP) is 1.10. The average Bonchev–Trinajstić information content (AvgIpc) is 2.85. The van der Waals surface area contributed by atoms with E-state index in [9.17, 15) is 8.42 Å². The summed E-state index contributed by atoms with van der Waals surface area (Å²) in [4.78, 5) is 3.97. The summed E-state index contributed by atoms with van der Waals surface area (Å²) < 4.78 is 28.2. The molecule has 2 rings (SSSR count). The molecule has 3 N–H and O–H groups in total. The number of anilines is 1. The molecule has 6 nitrogen and oxygen atoms in total. The van der Waals surface area contributed by atoms with Crippen LogP contribution in [0.5, 0.6) is 0 Å². The molecule has 2 aromatic rings. The maximum Gasteiger partial charge on any atom is 0.240 e. The Kier molecular flexibility index (Phi) is 4.08. The Hall–Kier alpha value is -1.57. The molecule has 0 aliphatic rings. The zero-order valence-corrected chi connectivity index (χ0v) is 11.5. The van der Waals surface area contributed by atoms with Crippen molar-refractivity contribution in [2.75, 3.05) is 12.3 Å². The summed E-state index contributed by atoms with van der Waals surface area (Å²) in [6.45, 7) is 0.766. The van der Waals surface area contributed by atoms with Crippen LogP contribution in [0, 0.1) is 0 Å². The summed E-state index contributed by atoms with van der Waals surface area (Å²) in [5.74, 6) is 0. The number of nitrogens with two attached hydrogens (primary N) is 1.